The molecular formula is C16H26N4O2. The quantitative estimate of drug-likeness (QED) is 0.917. The van der Waals surface area contributed by atoms with Crippen molar-refractivity contribution in [2.45, 2.75) is 27.3 Å². The number of nitrogens with zero attached hydrogens (tertiary/aromatic N) is 3. The summed E-state index contributed by atoms with van der Waals surface area (Å²) in [6, 6.07) is 1.99. The minimum absolute atomic E-state index is 0.0159. The molecule has 1 N–H and O–H groups in total. The van der Waals surface area contributed by atoms with Crippen LogP contribution in [0.4, 0.5) is 4.79 Å². The minimum Gasteiger partial charge on any atom is -0.481 e. The van der Waals surface area contributed by atoms with Gasteiger partial charge >= 0.3 is 6.03 Å². The zero-order chi connectivity index (χ0) is 16.1. The Morgan fingerprint density at radius 2 is 2.00 bits per heavy atom. The van der Waals surface area contributed by atoms with Crippen LogP contribution in [0.3, 0.4) is 0 Å². The summed E-state index contributed by atoms with van der Waals surface area (Å²) in [5.41, 5.74) is 2.94. The molecule has 0 radical (unpaired) electrons. The van der Waals surface area contributed by atoms with E-state index in [0.717, 1.165) is 49.5 Å². The van der Waals surface area contributed by atoms with Gasteiger partial charge in [0.05, 0.1) is 13.7 Å². The summed E-state index contributed by atoms with van der Waals surface area (Å²) in [5.74, 6) is 0.591. The third-order valence-corrected chi connectivity index (χ3v) is 4.15. The maximum Gasteiger partial charge on any atom is 0.317 e. The molecule has 1 aliphatic heterocycles. The summed E-state index contributed by atoms with van der Waals surface area (Å²) >= 11 is 0. The molecule has 6 heteroatoms. The van der Waals surface area contributed by atoms with Gasteiger partial charge in [-0.3, -0.25) is 0 Å². The van der Waals surface area contributed by atoms with Crippen LogP contribution >= 0.6 is 0 Å². The summed E-state index contributed by atoms with van der Waals surface area (Å²) in [6.07, 6.45) is 0. The lowest BCUT2D eigenvalue weighted by molar-refractivity contribution is 0.142. The van der Waals surface area contributed by atoms with Crippen LogP contribution in [0.1, 0.15) is 23.7 Å². The number of pyridine rings is 1. The van der Waals surface area contributed by atoms with Crippen molar-refractivity contribution < 1.29 is 9.53 Å². The molecule has 122 valence electrons. The molecule has 2 amide bonds. The van der Waals surface area contributed by atoms with Gasteiger partial charge in [-0.25, -0.2) is 9.78 Å². The van der Waals surface area contributed by atoms with Crippen LogP contribution in [0.5, 0.6) is 5.88 Å². The summed E-state index contributed by atoms with van der Waals surface area (Å²) < 4.78 is 5.33. The van der Waals surface area contributed by atoms with Crippen molar-refractivity contribution in [2.24, 2.45) is 0 Å². The fourth-order valence-corrected chi connectivity index (χ4v) is 2.76. The van der Waals surface area contributed by atoms with Crippen LogP contribution in [0, 0.1) is 13.8 Å². The zero-order valence-corrected chi connectivity index (χ0v) is 14.0. The standard InChI is InChI=1S/C16H26N4O2/c1-5-19-6-8-20(9-7-19)16(21)17-11-14-12(2)10-13(3)18-15(14)22-4/h10H,5-9,11H2,1-4H3,(H,17,21). The molecule has 6 nitrogen and oxygen atoms in total. The highest BCUT2D eigenvalue weighted by molar-refractivity contribution is 5.74. The number of nitrogens with one attached hydrogen (secondary N) is 1. The van der Waals surface area contributed by atoms with E-state index < -0.39 is 0 Å². The molecule has 0 aromatic carbocycles. The number of aryl methyl sites for hydroxylation is 2. The Kier molecular flexibility index (Phi) is 5.60. The summed E-state index contributed by atoms with van der Waals surface area (Å²) in [4.78, 5) is 20.9. The van der Waals surface area contributed by atoms with Crippen molar-refractivity contribution in [3.63, 3.8) is 0 Å². The highest BCUT2D eigenvalue weighted by atomic mass is 16.5. The van der Waals surface area contributed by atoms with Crippen LogP contribution in [0.2, 0.25) is 0 Å². The monoisotopic (exact) mass is 306 g/mol. The van der Waals surface area contributed by atoms with Crippen LogP contribution in [-0.2, 0) is 6.54 Å². The molecule has 2 heterocycles. The van der Waals surface area contributed by atoms with Gasteiger partial charge in [-0.2, -0.15) is 0 Å². The molecule has 0 spiro atoms. The van der Waals surface area contributed by atoms with Gasteiger partial charge in [0.25, 0.3) is 0 Å². The third kappa shape index (κ3) is 3.88. The van der Waals surface area contributed by atoms with Crippen LogP contribution in [0.15, 0.2) is 6.07 Å². The number of hydrogen-bond acceptors (Lipinski definition) is 4. The summed E-state index contributed by atoms with van der Waals surface area (Å²) in [5, 5.41) is 2.98. The van der Waals surface area contributed by atoms with Crippen molar-refractivity contribution >= 4 is 6.03 Å². The van der Waals surface area contributed by atoms with Crippen LogP contribution in [0.25, 0.3) is 0 Å². The number of aromatic nitrogens is 1. The Labute approximate surface area is 132 Å². The lowest BCUT2D eigenvalue weighted by Gasteiger charge is -2.34. The number of urea groups is 1. The predicted octanol–water partition coefficient (Wildman–Crippen LogP) is 1.55. The SMILES string of the molecule is CCN1CCN(C(=O)NCc2c(C)cc(C)nc2OC)CC1. The van der Waals surface area contributed by atoms with E-state index in [1.54, 1.807) is 7.11 Å². The van der Waals surface area contributed by atoms with Gasteiger partial charge in [0.1, 0.15) is 0 Å². The first-order valence-corrected chi connectivity index (χ1v) is 7.81. The first-order valence-electron chi connectivity index (χ1n) is 7.81. The number of carbonyl (C=O) groups excluding carboxylic acids is 1. The maximum atomic E-state index is 12.3. The lowest BCUT2D eigenvalue weighted by Crippen LogP contribution is -2.51. The highest BCUT2D eigenvalue weighted by Crippen LogP contribution is 2.20. The Balaban J connectivity index is 1.94. The van der Waals surface area contributed by atoms with E-state index in [4.69, 9.17) is 4.74 Å². The van der Waals surface area contributed by atoms with Gasteiger partial charge < -0.3 is 19.9 Å². The average Bonchev–Trinajstić information content (AvgIpc) is 2.53. The molecule has 1 aliphatic rings. The molecule has 1 fully saturated rings. The molecule has 1 aromatic rings. The van der Waals surface area contributed by atoms with Gasteiger partial charge in [0.2, 0.25) is 5.88 Å². The van der Waals surface area contributed by atoms with Gasteiger partial charge in [-0.1, -0.05) is 6.92 Å². The van der Waals surface area contributed by atoms with Crippen molar-refractivity contribution in [1.82, 2.24) is 20.1 Å². The predicted molar refractivity (Wildman–Crippen MR) is 86.2 cm³/mol. The van der Waals surface area contributed by atoms with Crippen molar-refractivity contribution in [3.05, 3.63) is 22.9 Å². The largest absolute Gasteiger partial charge is 0.481 e. The number of amides is 2. The minimum atomic E-state index is -0.0159. The number of likely N-dealkylation sites (N-methyl/N-ethyl adjacent to an activating group) is 1. The topological polar surface area (TPSA) is 57.7 Å². The molecule has 0 bridgehead atoms. The summed E-state index contributed by atoms with van der Waals surface area (Å²) in [7, 11) is 1.61. The molecule has 0 saturated carbocycles. The first-order chi connectivity index (χ1) is 10.5. The Morgan fingerprint density at radius 1 is 1.32 bits per heavy atom. The van der Waals surface area contributed by atoms with Crippen LogP contribution < -0.4 is 10.1 Å². The molecule has 0 atom stereocenters. The average molecular weight is 306 g/mol. The Hall–Kier alpha value is -1.82. The third-order valence-electron chi connectivity index (χ3n) is 4.15. The first kappa shape index (κ1) is 16.5. The second-order valence-corrected chi connectivity index (χ2v) is 5.65. The van der Waals surface area contributed by atoms with Crippen LogP contribution in [-0.4, -0.2) is 60.6 Å². The number of rotatable bonds is 4. The second kappa shape index (κ2) is 7.45. The molecule has 1 aromatic heterocycles. The van der Waals surface area contributed by atoms with E-state index >= 15 is 0 Å². The van der Waals surface area contributed by atoms with Crippen molar-refractivity contribution in [3.8, 4) is 5.88 Å². The normalized spacial score (nSPS) is 15.7. The van der Waals surface area contributed by atoms with E-state index in [-0.39, 0.29) is 6.03 Å². The molecule has 1 saturated heterocycles. The maximum absolute atomic E-state index is 12.3. The van der Waals surface area contributed by atoms with E-state index in [2.05, 4.69) is 22.1 Å². The molecule has 0 unspecified atom stereocenters. The molecular weight excluding hydrogens is 280 g/mol. The van der Waals surface area contributed by atoms with Gasteiger partial charge in [0, 0.05) is 37.4 Å². The molecule has 0 aliphatic carbocycles. The van der Waals surface area contributed by atoms with E-state index in [0.29, 0.717) is 12.4 Å². The number of methoxy groups -OCH3 is 1. The second-order valence-electron chi connectivity index (χ2n) is 5.65. The van der Waals surface area contributed by atoms with E-state index in [1.165, 1.54) is 0 Å². The molecule has 22 heavy (non-hydrogen) atoms. The lowest BCUT2D eigenvalue weighted by atomic mass is 10.1. The fraction of sp³-hybridized carbons (Fsp3) is 0.625. The number of hydrogen-bond donors (Lipinski definition) is 1. The van der Waals surface area contributed by atoms with Gasteiger partial charge in [0.15, 0.2) is 0 Å². The number of carbonyl (C=O) groups is 1. The van der Waals surface area contributed by atoms with E-state index in [1.807, 2.05) is 24.8 Å². The van der Waals surface area contributed by atoms with Gasteiger partial charge in [-0.05, 0) is 32.0 Å². The van der Waals surface area contributed by atoms with E-state index in [9.17, 15) is 4.79 Å². The zero-order valence-electron chi connectivity index (χ0n) is 14.0. The summed E-state index contributed by atoms with van der Waals surface area (Å²) in [6.45, 7) is 11.0. The molecule has 2 rings (SSSR count). The smallest absolute Gasteiger partial charge is 0.317 e. The number of piperazine rings is 1. The Morgan fingerprint density at radius 3 is 2.59 bits per heavy atom. The van der Waals surface area contributed by atoms with Gasteiger partial charge in [-0.15, -0.1) is 0 Å². The Bertz CT molecular complexity index is 525. The van der Waals surface area contributed by atoms with Crippen molar-refractivity contribution in [1.29, 1.82) is 0 Å². The fourth-order valence-electron chi connectivity index (χ4n) is 2.76. The number of ether oxygens (including phenoxy) is 1. The highest BCUT2D eigenvalue weighted by Gasteiger charge is 2.20. The van der Waals surface area contributed by atoms with Crippen molar-refractivity contribution in [2.75, 3.05) is 39.8 Å².